The maximum Gasteiger partial charge on any atom is 0.305 e. The number of Topliss-reactive ketones (excluding diaryl/α,β-unsaturated/α-hetero) is 1. The van der Waals surface area contributed by atoms with Gasteiger partial charge in [-0.25, -0.2) is 4.39 Å². The number of amides is 1. The summed E-state index contributed by atoms with van der Waals surface area (Å²) < 4.78 is 19.6. The topological polar surface area (TPSA) is 104 Å². The molecule has 1 fully saturated rings. The molecule has 8 heteroatoms. The van der Waals surface area contributed by atoms with Crippen LogP contribution in [-0.4, -0.2) is 46.4 Å². The normalized spacial score (nSPS) is 18.1. The lowest BCUT2D eigenvalue weighted by Crippen LogP contribution is -2.32. The lowest BCUT2D eigenvalue weighted by Gasteiger charge is -2.25. The number of carboxylic acids is 1. The van der Waals surface area contributed by atoms with Crippen molar-refractivity contribution in [3.63, 3.8) is 0 Å². The minimum atomic E-state index is -1.24. The summed E-state index contributed by atoms with van der Waals surface area (Å²) in [6, 6.07) is 10.4. The highest BCUT2D eigenvalue weighted by atomic mass is 19.1. The fraction of sp³-hybridized carbons (Fsp3) is 0.190. The van der Waals surface area contributed by atoms with Gasteiger partial charge in [-0.1, -0.05) is 18.2 Å². The number of aliphatic hydroxyl groups is 1. The number of methoxy groups -OCH3 is 1. The summed E-state index contributed by atoms with van der Waals surface area (Å²) in [5, 5.41) is 19.8. The molecule has 1 aliphatic heterocycles. The van der Waals surface area contributed by atoms with Gasteiger partial charge < -0.3 is 19.8 Å². The Kier molecular flexibility index (Phi) is 5.63. The fourth-order valence-electron chi connectivity index (χ4n) is 3.25. The highest BCUT2D eigenvalue weighted by molar-refractivity contribution is 6.46. The second-order valence-corrected chi connectivity index (χ2v) is 6.39. The summed E-state index contributed by atoms with van der Waals surface area (Å²) in [5.41, 5.74) is -0.0637. The van der Waals surface area contributed by atoms with Crippen molar-refractivity contribution in [1.29, 1.82) is 0 Å². The third-order valence-corrected chi connectivity index (χ3v) is 4.67. The second kappa shape index (κ2) is 8.14. The SMILES string of the molecule is COc1ccc(/C(O)=C2/C(=O)C(=O)N(CCC(=O)O)C2c2ccccc2F)cc1. The molecule has 1 aliphatic rings. The van der Waals surface area contributed by atoms with Crippen LogP contribution in [0.5, 0.6) is 5.75 Å². The van der Waals surface area contributed by atoms with Crippen LogP contribution < -0.4 is 4.74 Å². The molecule has 7 nitrogen and oxygen atoms in total. The number of halogens is 1. The van der Waals surface area contributed by atoms with Crippen LogP contribution in [0.3, 0.4) is 0 Å². The minimum absolute atomic E-state index is 0.00727. The number of ketones is 1. The largest absolute Gasteiger partial charge is 0.507 e. The molecule has 0 radical (unpaired) electrons. The first-order valence-electron chi connectivity index (χ1n) is 8.74. The molecule has 1 unspecified atom stereocenters. The number of ether oxygens (including phenoxy) is 1. The molecule has 2 N–H and O–H groups in total. The van der Waals surface area contributed by atoms with Crippen LogP contribution in [0.2, 0.25) is 0 Å². The monoisotopic (exact) mass is 399 g/mol. The number of nitrogens with zero attached hydrogens (tertiary/aromatic N) is 1. The quantitative estimate of drug-likeness (QED) is 0.440. The number of carbonyl (C=O) groups is 3. The molecular formula is C21H18FNO6. The number of benzene rings is 2. The van der Waals surface area contributed by atoms with E-state index in [1.165, 1.54) is 43.5 Å². The zero-order valence-corrected chi connectivity index (χ0v) is 15.5. The molecule has 29 heavy (non-hydrogen) atoms. The highest BCUT2D eigenvalue weighted by Crippen LogP contribution is 2.40. The molecule has 1 saturated heterocycles. The molecule has 3 rings (SSSR count). The summed E-state index contributed by atoms with van der Waals surface area (Å²) in [7, 11) is 1.47. The first kappa shape index (κ1) is 20.1. The maximum atomic E-state index is 14.5. The van der Waals surface area contributed by atoms with E-state index >= 15 is 0 Å². The van der Waals surface area contributed by atoms with Gasteiger partial charge in [-0.15, -0.1) is 0 Å². The molecule has 0 aliphatic carbocycles. The van der Waals surface area contributed by atoms with Crippen molar-refractivity contribution in [3.8, 4) is 5.75 Å². The molecule has 0 bridgehead atoms. The van der Waals surface area contributed by atoms with E-state index in [1.54, 1.807) is 12.1 Å². The van der Waals surface area contributed by atoms with E-state index in [4.69, 9.17) is 9.84 Å². The van der Waals surface area contributed by atoms with Crippen molar-refractivity contribution >= 4 is 23.4 Å². The minimum Gasteiger partial charge on any atom is -0.507 e. The Bertz CT molecular complexity index is 998. The summed E-state index contributed by atoms with van der Waals surface area (Å²) in [4.78, 5) is 37.2. The van der Waals surface area contributed by atoms with Crippen molar-refractivity contribution in [2.45, 2.75) is 12.5 Å². The van der Waals surface area contributed by atoms with Crippen LogP contribution in [0.15, 0.2) is 54.1 Å². The lowest BCUT2D eigenvalue weighted by atomic mass is 9.95. The highest BCUT2D eigenvalue weighted by Gasteiger charge is 2.46. The van der Waals surface area contributed by atoms with Gasteiger partial charge in [0.1, 0.15) is 17.3 Å². The van der Waals surface area contributed by atoms with Crippen LogP contribution in [0.1, 0.15) is 23.6 Å². The summed E-state index contributed by atoms with van der Waals surface area (Å²) in [6.45, 7) is -0.307. The van der Waals surface area contributed by atoms with E-state index in [-0.39, 0.29) is 23.2 Å². The standard InChI is InChI=1S/C21H18FNO6/c1-29-13-8-6-12(7-9-13)19(26)17-18(14-4-2-3-5-15(14)22)23(11-10-16(24)25)21(28)20(17)27/h2-9,18,26H,10-11H2,1H3,(H,24,25)/b19-17-. The van der Waals surface area contributed by atoms with Gasteiger partial charge in [-0.2, -0.15) is 0 Å². The molecule has 150 valence electrons. The Hall–Kier alpha value is -3.68. The third kappa shape index (κ3) is 3.82. The van der Waals surface area contributed by atoms with Gasteiger partial charge in [-0.05, 0) is 30.3 Å². The van der Waals surface area contributed by atoms with E-state index in [0.717, 1.165) is 4.90 Å². The molecule has 2 aromatic rings. The third-order valence-electron chi connectivity index (χ3n) is 4.67. The van der Waals surface area contributed by atoms with E-state index in [0.29, 0.717) is 5.75 Å². The molecular weight excluding hydrogens is 381 g/mol. The van der Waals surface area contributed by atoms with Gasteiger partial charge in [0.15, 0.2) is 0 Å². The van der Waals surface area contributed by atoms with Crippen LogP contribution in [-0.2, 0) is 14.4 Å². The molecule has 2 aromatic carbocycles. The summed E-state index contributed by atoms with van der Waals surface area (Å²) in [6.07, 6.45) is -0.430. The van der Waals surface area contributed by atoms with E-state index < -0.39 is 41.7 Å². The van der Waals surface area contributed by atoms with Gasteiger partial charge in [0.05, 0.1) is 25.1 Å². The van der Waals surface area contributed by atoms with E-state index in [1.807, 2.05) is 0 Å². The van der Waals surface area contributed by atoms with Gasteiger partial charge in [0.25, 0.3) is 11.7 Å². The second-order valence-electron chi connectivity index (χ2n) is 6.39. The maximum absolute atomic E-state index is 14.5. The van der Waals surface area contributed by atoms with Gasteiger partial charge in [0, 0.05) is 17.7 Å². The van der Waals surface area contributed by atoms with Crippen LogP contribution >= 0.6 is 0 Å². The molecule has 1 heterocycles. The first-order chi connectivity index (χ1) is 13.8. The van der Waals surface area contributed by atoms with Crippen molar-refractivity contribution < 1.29 is 33.7 Å². The number of likely N-dealkylation sites (tertiary alicyclic amines) is 1. The van der Waals surface area contributed by atoms with E-state index in [9.17, 15) is 23.9 Å². The van der Waals surface area contributed by atoms with E-state index in [2.05, 4.69) is 0 Å². The number of rotatable bonds is 6. The van der Waals surface area contributed by atoms with Crippen molar-refractivity contribution in [1.82, 2.24) is 4.90 Å². The Morgan fingerprint density at radius 3 is 2.34 bits per heavy atom. The van der Waals surface area contributed by atoms with Gasteiger partial charge >= 0.3 is 5.97 Å². The lowest BCUT2D eigenvalue weighted by molar-refractivity contribution is -0.142. The van der Waals surface area contributed by atoms with Gasteiger partial charge in [0.2, 0.25) is 0 Å². The molecule has 1 amide bonds. The number of hydrogen-bond donors (Lipinski definition) is 2. The molecule has 0 saturated carbocycles. The zero-order chi connectivity index (χ0) is 21.1. The fourth-order valence-corrected chi connectivity index (χ4v) is 3.25. The average molecular weight is 399 g/mol. The van der Waals surface area contributed by atoms with Crippen LogP contribution in [0.25, 0.3) is 5.76 Å². The van der Waals surface area contributed by atoms with Gasteiger partial charge in [-0.3, -0.25) is 14.4 Å². The number of carboxylic acid groups (broad SMARTS) is 1. The van der Waals surface area contributed by atoms with Crippen molar-refractivity contribution in [2.24, 2.45) is 0 Å². The number of carbonyl (C=O) groups excluding carboxylic acids is 2. The Balaban J connectivity index is 2.16. The molecule has 1 atom stereocenters. The predicted molar refractivity (Wildman–Crippen MR) is 101 cm³/mol. The predicted octanol–water partition coefficient (Wildman–Crippen LogP) is 2.73. The summed E-state index contributed by atoms with van der Waals surface area (Å²) in [5.74, 6) is -3.80. The zero-order valence-electron chi connectivity index (χ0n) is 15.5. The number of hydrogen-bond acceptors (Lipinski definition) is 5. The number of aliphatic hydroxyl groups excluding tert-OH is 1. The van der Waals surface area contributed by atoms with Crippen LogP contribution in [0, 0.1) is 5.82 Å². The molecule has 0 spiro atoms. The van der Waals surface area contributed by atoms with Crippen molar-refractivity contribution in [3.05, 3.63) is 71.0 Å². The summed E-state index contributed by atoms with van der Waals surface area (Å²) >= 11 is 0. The Morgan fingerprint density at radius 2 is 1.76 bits per heavy atom. The van der Waals surface area contributed by atoms with Crippen molar-refractivity contribution in [2.75, 3.05) is 13.7 Å². The molecule has 0 aromatic heterocycles. The Morgan fingerprint density at radius 1 is 1.10 bits per heavy atom. The van der Waals surface area contributed by atoms with Crippen LogP contribution in [0.4, 0.5) is 4.39 Å². The number of aliphatic carboxylic acids is 1. The smallest absolute Gasteiger partial charge is 0.305 e. The first-order valence-corrected chi connectivity index (χ1v) is 8.74. The Labute approximate surface area is 165 Å². The average Bonchev–Trinajstić information content (AvgIpc) is 2.96.